The Morgan fingerprint density at radius 2 is 1.91 bits per heavy atom. The van der Waals surface area contributed by atoms with Crippen molar-refractivity contribution in [2.75, 3.05) is 5.32 Å². The molecule has 0 aromatic carbocycles. The van der Waals surface area contributed by atoms with Crippen LogP contribution in [-0.2, 0) is 12.7 Å². The van der Waals surface area contributed by atoms with Gasteiger partial charge in [-0.1, -0.05) is 11.6 Å². The number of alkyl halides is 3. The average molecular weight is 483 g/mol. The molecule has 4 aromatic rings. The molecule has 0 fully saturated rings. The van der Waals surface area contributed by atoms with Crippen LogP contribution in [0.15, 0.2) is 31.0 Å². The zero-order chi connectivity index (χ0) is 22.9. The molecule has 0 atom stereocenters. The molecule has 15 heteroatoms. The van der Waals surface area contributed by atoms with Crippen molar-refractivity contribution in [2.24, 2.45) is 0 Å². The Kier molecular flexibility index (Phi) is 5.71. The normalized spacial score (nSPS) is 11.5. The highest BCUT2D eigenvalue weighted by Crippen LogP contribution is 2.35. The maximum Gasteiger partial charge on any atom is 0.418 e. The van der Waals surface area contributed by atoms with E-state index >= 15 is 0 Å². The number of pyridine rings is 1. The second-order valence-electron chi connectivity index (χ2n) is 6.16. The largest absolute Gasteiger partial charge is 0.418 e. The first-order chi connectivity index (χ1) is 15.2. The molecule has 0 aliphatic heterocycles. The first-order valence-electron chi connectivity index (χ1n) is 8.63. The second-order valence-corrected chi connectivity index (χ2v) is 7.68. The fourth-order valence-electron chi connectivity index (χ4n) is 2.58. The fraction of sp³-hybridized carbons (Fsp3) is 0.118. The summed E-state index contributed by atoms with van der Waals surface area (Å²) in [4.78, 5) is 40.5. The highest BCUT2D eigenvalue weighted by atomic mass is 35.5. The monoisotopic (exact) mass is 482 g/mol. The maximum absolute atomic E-state index is 13.0. The summed E-state index contributed by atoms with van der Waals surface area (Å²) in [7, 11) is 0. The lowest BCUT2D eigenvalue weighted by atomic mass is 10.2. The number of carbonyl (C=O) groups is 2. The molecule has 4 aromatic heterocycles. The van der Waals surface area contributed by atoms with E-state index in [1.165, 1.54) is 18.7 Å². The van der Waals surface area contributed by atoms with Gasteiger partial charge in [-0.15, -0.1) is 11.3 Å². The molecule has 10 nitrogen and oxygen atoms in total. The molecule has 4 heterocycles. The number of aromatic nitrogens is 6. The van der Waals surface area contributed by atoms with Crippen LogP contribution in [0.4, 0.5) is 19.0 Å². The summed E-state index contributed by atoms with van der Waals surface area (Å²) < 4.78 is 38.9. The van der Waals surface area contributed by atoms with E-state index in [2.05, 4.69) is 40.8 Å². The van der Waals surface area contributed by atoms with Crippen molar-refractivity contribution in [3.05, 3.63) is 57.1 Å². The minimum Gasteiger partial charge on any atom is -0.344 e. The Morgan fingerprint density at radius 1 is 1.09 bits per heavy atom. The molecule has 0 saturated heterocycles. The fourth-order valence-corrected chi connectivity index (χ4v) is 3.55. The van der Waals surface area contributed by atoms with Gasteiger partial charge in [-0.05, 0) is 6.07 Å². The van der Waals surface area contributed by atoms with Crippen LogP contribution in [0.1, 0.15) is 30.7 Å². The van der Waals surface area contributed by atoms with Crippen LogP contribution in [0.25, 0.3) is 11.0 Å². The van der Waals surface area contributed by atoms with Gasteiger partial charge in [-0.25, -0.2) is 19.9 Å². The SMILES string of the molecule is O=C(Nc1cc(C(F)(F)F)c(Cl)cn1)c1cnc(CNC(=O)c2ncnc3[nH]ncc23)s1. The van der Waals surface area contributed by atoms with Gasteiger partial charge < -0.3 is 10.6 Å². The first kappa shape index (κ1) is 21.6. The molecule has 32 heavy (non-hydrogen) atoms. The number of amides is 2. The molecular weight excluding hydrogens is 473 g/mol. The number of nitrogens with one attached hydrogen (secondary N) is 3. The van der Waals surface area contributed by atoms with E-state index in [0.29, 0.717) is 22.1 Å². The number of hydrogen-bond acceptors (Lipinski definition) is 8. The number of carbonyl (C=O) groups excluding carboxylic acids is 2. The number of halogens is 4. The molecule has 0 unspecified atom stereocenters. The first-order valence-corrected chi connectivity index (χ1v) is 9.83. The smallest absolute Gasteiger partial charge is 0.344 e. The quantitative estimate of drug-likeness (QED) is 0.397. The lowest BCUT2D eigenvalue weighted by molar-refractivity contribution is -0.137. The van der Waals surface area contributed by atoms with Crippen LogP contribution in [-0.4, -0.2) is 41.9 Å². The van der Waals surface area contributed by atoms with Gasteiger partial charge in [0.2, 0.25) is 0 Å². The molecule has 0 aliphatic rings. The van der Waals surface area contributed by atoms with Crippen molar-refractivity contribution >= 4 is 51.6 Å². The van der Waals surface area contributed by atoms with Gasteiger partial charge in [-0.2, -0.15) is 18.3 Å². The highest BCUT2D eigenvalue weighted by molar-refractivity contribution is 7.13. The lowest BCUT2D eigenvalue weighted by Gasteiger charge is -2.10. The van der Waals surface area contributed by atoms with E-state index in [1.54, 1.807) is 0 Å². The number of anilines is 1. The minimum atomic E-state index is -4.69. The van der Waals surface area contributed by atoms with E-state index in [0.717, 1.165) is 17.5 Å². The van der Waals surface area contributed by atoms with Crippen LogP contribution < -0.4 is 10.6 Å². The Bertz CT molecular complexity index is 1320. The Labute approximate surface area is 185 Å². The standard InChI is InChI=1S/C17H10ClF3N8O2S/c18-9-3-22-11(1-8(9)17(19,20)21)28-15(30)10-4-23-12(32-10)5-24-16(31)13-7-2-27-29-14(7)26-6-25-13/h1-4,6H,5H2,(H,24,31)(H,22,28,30)(H,25,26,27,29). The Morgan fingerprint density at radius 3 is 2.69 bits per heavy atom. The molecule has 0 spiro atoms. The average Bonchev–Trinajstić information content (AvgIpc) is 3.42. The van der Waals surface area contributed by atoms with Gasteiger partial charge in [0.25, 0.3) is 11.8 Å². The summed E-state index contributed by atoms with van der Waals surface area (Å²) in [6.45, 7) is -0.00244. The topological polar surface area (TPSA) is 138 Å². The van der Waals surface area contributed by atoms with Gasteiger partial charge in [-0.3, -0.25) is 14.7 Å². The van der Waals surface area contributed by atoms with E-state index in [4.69, 9.17) is 11.6 Å². The van der Waals surface area contributed by atoms with Gasteiger partial charge in [0.05, 0.1) is 34.9 Å². The highest BCUT2D eigenvalue weighted by Gasteiger charge is 2.34. The van der Waals surface area contributed by atoms with Gasteiger partial charge >= 0.3 is 6.18 Å². The van der Waals surface area contributed by atoms with Gasteiger partial charge in [0.1, 0.15) is 27.7 Å². The zero-order valence-electron chi connectivity index (χ0n) is 15.6. The van der Waals surface area contributed by atoms with Crippen LogP contribution in [0, 0.1) is 0 Å². The number of aromatic amines is 1. The molecule has 4 rings (SSSR count). The third-order valence-electron chi connectivity index (χ3n) is 4.04. The number of nitrogens with zero attached hydrogens (tertiary/aromatic N) is 5. The summed E-state index contributed by atoms with van der Waals surface area (Å²) in [5.74, 6) is -1.52. The molecule has 3 N–H and O–H groups in total. The predicted molar refractivity (Wildman–Crippen MR) is 107 cm³/mol. The molecule has 2 amide bonds. The van der Waals surface area contributed by atoms with Crippen molar-refractivity contribution in [1.29, 1.82) is 0 Å². The van der Waals surface area contributed by atoms with E-state index in [-0.39, 0.29) is 22.9 Å². The van der Waals surface area contributed by atoms with Gasteiger partial charge in [0.15, 0.2) is 5.65 Å². The minimum absolute atomic E-state index is 0.00244. The number of H-pyrrole nitrogens is 1. The van der Waals surface area contributed by atoms with Crippen LogP contribution in [0.2, 0.25) is 5.02 Å². The molecular formula is C17H10ClF3N8O2S. The Hall–Kier alpha value is -3.65. The molecule has 164 valence electrons. The molecule has 0 radical (unpaired) electrons. The number of rotatable bonds is 5. The zero-order valence-corrected chi connectivity index (χ0v) is 17.1. The summed E-state index contributed by atoms with van der Waals surface area (Å²) in [6.07, 6.45) is -0.0127. The third-order valence-corrected chi connectivity index (χ3v) is 5.34. The summed E-state index contributed by atoms with van der Waals surface area (Å²) in [6, 6.07) is 0.640. The van der Waals surface area contributed by atoms with Crippen LogP contribution in [0.5, 0.6) is 0 Å². The maximum atomic E-state index is 13.0. The van der Waals surface area contributed by atoms with Crippen molar-refractivity contribution in [3.63, 3.8) is 0 Å². The molecule has 0 saturated carbocycles. The summed E-state index contributed by atoms with van der Waals surface area (Å²) >= 11 is 6.47. The van der Waals surface area contributed by atoms with Crippen molar-refractivity contribution in [1.82, 2.24) is 35.5 Å². The Balaban J connectivity index is 1.41. The number of fused-ring (bicyclic) bond motifs is 1. The summed E-state index contributed by atoms with van der Waals surface area (Å²) in [5.41, 5.74) is -0.593. The predicted octanol–water partition coefficient (Wildman–Crippen LogP) is 3.06. The van der Waals surface area contributed by atoms with Gasteiger partial charge in [0, 0.05) is 6.20 Å². The van der Waals surface area contributed by atoms with Crippen LogP contribution in [0.3, 0.4) is 0 Å². The molecule has 0 aliphatic carbocycles. The number of thiazole rings is 1. The lowest BCUT2D eigenvalue weighted by Crippen LogP contribution is -2.24. The van der Waals surface area contributed by atoms with E-state index in [9.17, 15) is 22.8 Å². The molecule has 0 bridgehead atoms. The van der Waals surface area contributed by atoms with Crippen LogP contribution >= 0.6 is 22.9 Å². The van der Waals surface area contributed by atoms with E-state index in [1.807, 2.05) is 0 Å². The van der Waals surface area contributed by atoms with Crippen molar-refractivity contribution in [3.8, 4) is 0 Å². The van der Waals surface area contributed by atoms with E-state index < -0.39 is 28.6 Å². The third kappa shape index (κ3) is 4.50. The second kappa shape index (κ2) is 8.47. The number of hydrogen-bond donors (Lipinski definition) is 3. The summed E-state index contributed by atoms with van der Waals surface area (Å²) in [5, 5.41) is 11.6. The van der Waals surface area contributed by atoms with Crippen molar-refractivity contribution in [2.45, 2.75) is 12.7 Å². The van der Waals surface area contributed by atoms with Crippen molar-refractivity contribution < 1.29 is 22.8 Å².